The smallest absolute Gasteiger partial charge is 0.181 e. The van der Waals surface area contributed by atoms with E-state index in [1.807, 2.05) is 12.1 Å². The van der Waals surface area contributed by atoms with Gasteiger partial charge in [-0.15, -0.1) is 0 Å². The number of rotatable bonds is 1. The number of aromatic nitrogens is 3. The Morgan fingerprint density at radius 3 is 2.60 bits per heavy atom. The zero-order chi connectivity index (χ0) is 10.8. The molecule has 0 radical (unpaired) electrons. The van der Waals surface area contributed by atoms with E-state index in [0.717, 1.165) is 4.47 Å². The summed E-state index contributed by atoms with van der Waals surface area (Å²) in [7, 11) is 0. The lowest BCUT2D eigenvalue weighted by molar-refractivity contribution is 1.13. The Morgan fingerprint density at radius 1 is 1.13 bits per heavy atom. The minimum atomic E-state index is 0.401. The first kappa shape index (κ1) is 10.5. The lowest BCUT2D eigenvalue weighted by Gasteiger charge is -2.03. The van der Waals surface area contributed by atoms with Crippen LogP contribution in [0.25, 0.3) is 11.5 Å². The third-order valence-electron chi connectivity index (χ3n) is 1.74. The van der Waals surface area contributed by atoms with E-state index >= 15 is 0 Å². The molecule has 0 aliphatic heterocycles. The van der Waals surface area contributed by atoms with Crippen molar-refractivity contribution in [2.45, 2.75) is 0 Å². The van der Waals surface area contributed by atoms with Gasteiger partial charge in [-0.3, -0.25) is 4.98 Å². The van der Waals surface area contributed by atoms with Crippen LogP contribution in [0.5, 0.6) is 0 Å². The number of hydrogen-bond donors (Lipinski definition) is 1. The Bertz CT molecular complexity index is 501. The molecular weight excluding hydrogens is 324 g/mol. The fourth-order valence-corrected chi connectivity index (χ4v) is 1.67. The topological polar surface area (TPSA) is 64.7 Å². The molecule has 0 aliphatic rings. The molecule has 2 rings (SSSR count). The summed E-state index contributed by atoms with van der Waals surface area (Å²) in [5, 5.41) is 0. The van der Waals surface area contributed by atoms with Gasteiger partial charge in [0.1, 0.15) is 11.5 Å². The van der Waals surface area contributed by atoms with Gasteiger partial charge in [0.25, 0.3) is 0 Å². The normalized spacial score (nSPS) is 10.3. The van der Waals surface area contributed by atoms with Gasteiger partial charge in [-0.1, -0.05) is 0 Å². The summed E-state index contributed by atoms with van der Waals surface area (Å²) < 4.78 is 1.52. The first-order valence-corrected chi connectivity index (χ1v) is 5.66. The quantitative estimate of drug-likeness (QED) is 0.873. The van der Waals surface area contributed by atoms with Crippen molar-refractivity contribution in [3.05, 3.63) is 33.5 Å². The number of hydrogen-bond acceptors (Lipinski definition) is 4. The highest BCUT2D eigenvalue weighted by Gasteiger charge is 2.08. The number of anilines is 1. The molecule has 15 heavy (non-hydrogen) atoms. The number of pyridine rings is 1. The predicted octanol–water partition coefficient (Wildman–Crippen LogP) is 2.65. The summed E-state index contributed by atoms with van der Waals surface area (Å²) in [6, 6.07) is 3.71. The Kier molecular flexibility index (Phi) is 2.97. The van der Waals surface area contributed by atoms with E-state index in [0.29, 0.717) is 21.8 Å². The van der Waals surface area contributed by atoms with Crippen molar-refractivity contribution < 1.29 is 0 Å². The van der Waals surface area contributed by atoms with E-state index in [9.17, 15) is 0 Å². The molecule has 0 aliphatic carbocycles. The van der Waals surface area contributed by atoms with E-state index in [1.54, 1.807) is 12.4 Å². The minimum Gasteiger partial charge on any atom is -0.383 e. The molecular formula is C9H6Br2N4. The predicted molar refractivity (Wildman–Crippen MR) is 65.1 cm³/mol. The van der Waals surface area contributed by atoms with E-state index in [4.69, 9.17) is 5.73 Å². The van der Waals surface area contributed by atoms with Crippen LogP contribution in [0.15, 0.2) is 33.5 Å². The monoisotopic (exact) mass is 328 g/mol. The summed E-state index contributed by atoms with van der Waals surface area (Å²) in [5.74, 6) is 0.903. The second-order valence-electron chi connectivity index (χ2n) is 2.76. The maximum absolute atomic E-state index is 5.67. The van der Waals surface area contributed by atoms with Gasteiger partial charge >= 0.3 is 0 Å². The third kappa shape index (κ3) is 2.15. The van der Waals surface area contributed by atoms with Crippen LogP contribution in [-0.4, -0.2) is 15.0 Å². The first-order valence-electron chi connectivity index (χ1n) is 4.07. The van der Waals surface area contributed by atoms with E-state index in [-0.39, 0.29) is 0 Å². The molecule has 0 saturated heterocycles. The molecule has 0 aromatic carbocycles. The SMILES string of the molecule is Nc1nc(-c2ncccc2Br)ncc1Br. The lowest BCUT2D eigenvalue weighted by Crippen LogP contribution is -1.98. The summed E-state index contributed by atoms with van der Waals surface area (Å²) in [4.78, 5) is 12.4. The Labute approximate surface area is 103 Å². The van der Waals surface area contributed by atoms with E-state index in [2.05, 4.69) is 46.8 Å². The molecule has 0 spiro atoms. The fourth-order valence-electron chi connectivity index (χ4n) is 1.04. The van der Waals surface area contributed by atoms with Crippen LogP contribution in [0.4, 0.5) is 5.82 Å². The van der Waals surface area contributed by atoms with Gasteiger partial charge in [-0.05, 0) is 44.0 Å². The summed E-state index contributed by atoms with van der Waals surface area (Å²) >= 11 is 6.62. The van der Waals surface area contributed by atoms with Crippen molar-refractivity contribution in [3.8, 4) is 11.5 Å². The number of halogens is 2. The van der Waals surface area contributed by atoms with E-state index < -0.39 is 0 Å². The van der Waals surface area contributed by atoms with Crippen molar-refractivity contribution in [2.24, 2.45) is 0 Å². The highest BCUT2D eigenvalue weighted by Crippen LogP contribution is 2.24. The van der Waals surface area contributed by atoms with Crippen LogP contribution in [-0.2, 0) is 0 Å². The molecule has 0 fully saturated rings. The molecule has 0 amide bonds. The molecule has 2 N–H and O–H groups in total. The van der Waals surface area contributed by atoms with Crippen molar-refractivity contribution in [1.29, 1.82) is 0 Å². The van der Waals surface area contributed by atoms with Gasteiger partial charge in [0.15, 0.2) is 5.82 Å². The van der Waals surface area contributed by atoms with Crippen molar-refractivity contribution in [3.63, 3.8) is 0 Å². The van der Waals surface area contributed by atoms with Crippen LogP contribution >= 0.6 is 31.9 Å². The van der Waals surface area contributed by atoms with Gasteiger partial charge in [0.2, 0.25) is 0 Å². The molecule has 2 heterocycles. The highest BCUT2D eigenvalue weighted by atomic mass is 79.9. The average Bonchev–Trinajstić information content (AvgIpc) is 2.23. The standard InChI is InChI=1S/C9H6Br2N4/c10-5-2-1-3-13-7(5)9-14-4-6(11)8(12)15-9/h1-4H,(H2,12,14,15). The Balaban J connectivity index is 2.55. The Hall–Kier alpha value is -1.01. The van der Waals surface area contributed by atoms with Gasteiger partial charge < -0.3 is 5.73 Å². The van der Waals surface area contributed by atoms with Crippen molar-refractivity contribution in [2.75, 3.05) is 5.73 Å². The van der Waals surface area contributed by atoms with E-state index in [1.165, 1.54) is 0 Å². The summed E-state index contributed by atoms with van der Waals surface area (Å²) in [6.07, 6.45) is 3.29. The lowest BCUT2D eigenvalue weighted by atomic mass is 10.3. The summed E-state index contributed by atoms with van der Waals surface area (Å²) in [6.45, 7) is 0. The number of nitrogens with zero attached hydrogens (tertiary/aromatic N) is 3. The molecule has 0 unspecified atom stereocenters. The maximum Gasteiger partial charge on any atom is 0.181 e. The molecule has 76 valence electrons. The molecule has 4 nitrogen and oxygen atoms in total. The number of nitrogen functional groups attached to an aromatic ring is 1. The molecule has 0 atom stereocenters. The molecule has 2 aromatic rings. The molecule has 2 aromatic heterocycles. The zero-order valence-corrected chi connectivity index (χ0v) is 10.7. The minimum absolute atomic E-state index is 0.401. The summed E-state index contributed by atoms with van der Waals surface area (Å²) in [5.41, 5.74) is 6.34. The van der Waals surface area contributed by atoms with Crippen LogP contribution in [0.2, 0.25) is 0 Å². The van der Waals surface area contributed by atoms with Crippen LogP contribution in [0.1, 0.15) is 0 Å². The molecule has 0 bridgehead atoms. The first-order chi connectivity index (χ1) is 7.18. The van der Waals surface area contributed by atoms with Crippen LogP contribution < -0.4 is 5.73 Å². The second kappa shape index (κ2) is 4.24. The largest absolute Gasteiger partial charge is 0.383 e. The van der Waals surface area contributed by atoms with Gasteiger partial charge in [-0.2, -0.15) is 0 Å². The van der Waals surface area contributed by atoms with Gasteiger partial charge in [-0.25, -0.2) is 9.97 Å². The molecule has 6 heteroatoms. The van der Waals surface area contributed by atoms with Crippen molar-refractivity contribution in [1.82, 2.24) is 15.0 Å². The zero-order valence-electron chi connectivity index (χ0n) is 7.48. The van der Waals surface area contributed by atoms with Crippen LogP contribution in [0.3, 0.4) is 0 Å². The fraction of sp³-hybridized carbons (Fsp3) is 0. The number of nitrogens with two attached hydrogens (primary N) is 1. The second-order valence-corrected chi connectivity index (χ2v) is 4.47. The Morgan fingerprint density at radius 2 is 1.93 bits per heavy atom. The third-order valence-corrected chi connectivity index (χ3v) is 2.99. The van der Waals surface area contributed by atoms with Crippen LogP contribution in [0, 0.1) is 0 Å². The highest BCUT2D eigenvalue weighted by molar-refractivity contribution is 9.11. The maximum atomic E-state index is 5.67. The average molecular weight is 330 g/mol. The van der Waals surface area contributed by atoms with Gasteiger partial charge in [0.05, 0.1) is 4.47 Å². The van der Waals surface area contributed by atoms with Gasteiger partial charge in [0, 0.05) is 16.9 Å². The van der Waals surface area contributed by atoms with Crippen molar-refractivity contribution >= 4 is 37.7 Å². The molecule has 0 saturated carbocycles.